The van der Waals surface area contributed by atoms with E-state index >= 15 is 0 Å². The Morgan fingerprint density at radius 3 is 0.941 bits per heavy atom. The van der Waals surface area contributed by atoms with Crippen molar-refractivity contribution in [1.82, 2.24) is 58.0 Å². The number of pyridine rings is 10. The number of piperazine rings is 1. The van der Waals surface area contributed by atoms with Gasteiger partial charge >= 0.3 is 6.18 Å². The first kappa shape index (κ1) is 90.9. The van der Waals surface area contributed by atoms with Crippen molar-refractivity contribution >= 4 is 124 Å². The van der Waals surface area contributed by atoms with Gasteiger partial charge in [-0.15, -0.1) is 0 Å². The molecule has 21 rings (SSSR count). The first-order valence-electron chi connectivity index (χ1n) is 44.0. The van der Waals surface area contributed by atoms with Gasteiger partial charge in [-0.1, -0.05) is 194 Å². The van der Waals surface area contributed by atoms with Crippen LogP contribution in [0.5, 0.6) is 0 Å². The Morgan fingerprint density at radius 2 is 0.588 bits per heavy atom. The normalized spacial score (nSPS) is 11.8. The Labute approximate surface area is 792 Å². The zero-order chi connectivity index (χ0) is 94.2. The van der Waals surface area contributed by atoms with Gasteiger partial charge in [0.2, 0.25) is 0 Å². The van der Waals surface area contributed by atoms with Crippen LogP contribution in [-0.4, -0.2) is 78.8 Å². The number of rotatable bonds is 17. The number of aromatic nitrogens is 10. The number of hydrogen-bond acceptors (Lipinski definition) is 17. The number of anilines is 10. The third kappa shape index (κ3) is 20.8. The molecule has 20 aromatic rings. The molecular formula is C110H101ClF3N17O5. The van der Waals surface area contributed by atoms with Crippen LogP contribution in [0.15, 0.2) is 407 Å². The van der Waals surface area contributed by atoms with Gasteiger partial charge in [0.1, 0.15) is 40.4 Å². The molecule has 0 radical (unpaired) electrons. The van der Waals surface area contributed by atoms with Crippen molar-refractivity contribution in [2.45, 2.75) is 40.4 Å². The highest BCUT2D eigenvalue weighted by Crippen LogP contribution is 2.37. The van der Waals surface area contributed by atoms with Crippen molar-refractivity contribution < 1.29 is 20.3 Å². The van der Waals surface area contributed by atoms with Gasteiger partial charge in [-0.2, -0.15) is 13.2 Å². The van der Waals surface area contributed by atoms with E-state index in [9.17, 15) is 37.1 Å². The fourth-order valence-electron chi connectivity index (χ4n) is 16.5. The average Bonchev–Trinajstić information content (AvgIpc) is 0.766. The number of halogens is 4. The molecule has 1 saturated heterocycles. The summed E-state index contributed by atoms with van der Waals surface area (Å²) in [5.74, 6) is 3.03. The second-order valence-corrected chi connectivity index (χ2v) is 32.5. The maximum absolute atomic E-state index is 13.5. The molecule has 26 heteroatoms. The molecule has 10 aromatic heterocycles. The van der Waals surface area contributed by atoms with Crippen LogP contribution < -0.4 is 59.0 Å². The highest BCUT2D eigenvalue weighted by Gasteiger charge is 2.35. The summed E-state index contributed by atoms with van der Waals surface area (Å²) in [5, 5.41) is 22.3. The van der Waals surface area contributed by atoms with Crippen molar-refractivity contribution in [3.05, 3.63) is 472 Å². The van der Waals surface area contributed by atoms with Crippen LogP contribution in [0.2, 0.25) is 5.02 Å². The molecule has 22 nitrogen and oxygen atoms in total. The van der Waals surface area contributed by atoms with Gasteiger partial charge in [-0.05, 0) is 196 Å². The number of hydrogen-bond donors (Lipinski definition) is 6. The zero-order valence-electron chi connectivity index (χ0n) is 74.4. The molecular weight excluding hydrogens is 1730 g/mol. The lowest BCUT2D eigenvalue weighted by atomic mass is 10.1. The molecule has 0 bridgehead atoms. The highest BCUT2D eigenvalue weighted by atomic mass is 35.5. The molecule has 1 aliphatic heterocycles. The summed E-state index contributed by atoms with van der Waals surface area (Å²) in [5.41, 5.74) is 13.6. The number of para-hydroxylation sites is 10. The first-order chi connectivity index (χ1) is 66.2. The molecule has 136 heavy (non-hydrogen) atoms. The summed E-state index contributed by atoms with van der Waals surface area (Å²) >= 11 is 6.37. The summed E-state index contributed by atoms with van der Waals surface area (Å²) in [6, 6.07) is 113. The fourth-order valence-corrected chi connectivity index (χ4v) is 16.8. The minimum Gasteiger partial charge on any atom is -0.341 e. The van der Waals surface area contributed by atoms with E-state index in [0.29, 0.717) is 89.6 Å². The number of fused-ring (bicyclic) bond motifs is 5. The smallest absolute Gasteiger partial charge is 0.341 e. The lowest BCUT2D eigenvalue weighted by molar-refractivity contribution is -0.136. The Balaban J connectivity index is 0.000000156. The molecule has 1 fully saturated rings. The van der Waals surface area contributed by atoms with Crippen molar-refractivity contribution in [2.75, 3.05) is 52.8 Å². The van der Waals surface area contributed by atoms with E-state index < -0.39 is 22.6 Å². The topological polar surface area (TPSA) is 250 Å². The molecule has 0 spiro atoms. The fraction of sp³-hybridized carbons (Fsp3) is 0.0909. The zero-order valence-corrected chi connectivity index (χ0v) is 75.1. The van der Waals surface area contributed by atoms with Gasteiger partial charge in [-0.3, -0.25) is 51.7 Å². The summed E-state index contributed by atoms with van der Waals surface area (Å²) in [6.45, 7) is 12.4. The predicted octanol–water partition coefficient (Wildman–Crippen LogP) is 24.2. The Morgan fingerprint density at radius 1 is 0.316 bits per heavy atom. The Kier molecular flexibility index (Phi) is 27.8. The second-order valence-electron chi connectivity index (χ2n) is 32.1. The third-order valence-electron chi connectivity index (χ3n) is 22.5. The van der Waals surface area contributed by atoms with Gasteiger partial charge in [0.15, 0.2) is 44.1 Å². The average molecular weight is 1830 g/mol. The minimum absolute atomic E-state index is 0. The Bertz CT molecular complexity index is 7820. The van der Waals surface area contributed by atoms with E-state index in [-0.39, 0.29) is 34.5 Å². The van der Waals surface area contributed by atoms with Gasteiger partial charge in [-0.25, -0.2) is 24.9 Å². The molecule has 0 atom stereocenters. The molecule has 0 saturated carbocycles. The van der Waals surface area contributed by atoms with Crippen LogP contribution in [0.4, 0.5) is 70.7 Å². The summed E-state index contributed by atoms with van der Waals surface area (Å²) < 4.78 is 49.9. The molecule has 1 aliphatic rings. The lowest BCUT2D eigenvalue weighted by Crippen LogP contribution is -2.43. The summed E-state index contributed by atoms with van der Waals surface area (Å²) in [4.78, 5) is 89.2. The molecule has 11 heterocycles. The number of aryl methyl sites for hydroxylation is 4. The molecule has 0 unspecified atom stereocenters. The molecule has 0 aliphatic carbocycles. The second kappa shape index (κ2) is 41.6. The van der Waals surface area contributed by atoms with E-state index in [0.717, 1.165) is 119 Å². The van der Waals surface area contributed by atoms with Crippen molar-refractivity contribution in [1.29, 1.82) is 0 Å². The predicted molar refractivity (Wildman–Crippen MR) is 553 cm³/mol. The monoisotopic (exact) mass is 1830 g/mol. The number of nitrogens with one attached hydrogen (secondary N) is 6. The Hall–Kier alpha value is -17.0. The van der Waals surface area contributed by atoms with Crippen LogP contribution >= 0.6 is 11.6 Å². The SMILES string of the molecule is Cc1cc(C)c2c(=O)cc(Nc3ccccc3)n(-c3ccccc3)c2n1.Cc1cc(Cl)c2c(=O)cc(Nc3ccccc3)n(-c3ccccc3)c2n1.Cc1ccnc2c1c(=O)cc(Nc1ccccc1)n2-c1ccccc1.O=c1cc(Nc2ccccc2)n(-c2ccccc2)c2nccc(C(F)(F)F)c12.O=c1cc(Nc2ccccc2)n(-c2ccccc2)c2nccc(CN3CCNCC3)c12.[HH].[HH].[HH].[HH].[HH]. The molecule has 6 N–H and O–H groups in total. The lowest BCUT2D eigenvalue weighted by Gasteiger charge is -2.27. The van der Waals surface area contributed by atoms with Gasteiger partial charge in [0.05, 0.1) is 37.5 Å². The summed E-state index contributed by atoms with van der Waals surface area (Å²) in [7, 11) is 0. The van der Waals surface area contributed by atoms with Crippen LogP contribution in [-0.2, 0) is 12.7 Å². The number of nitrogens with zero attached hydrogens (tertiary/aromatic N) is 11. The molecule has 10 aromatic carbocycles. The third-order valence-corrected chi connectivity index (χ3v) is 22.8. The van der Waals surface area contributed by atoms with Crippen molar-refractivity contribution in [2.24, 2.45) is 0 Å². The van der Waals surface area contributed by atoms with Gasteiger partial charge in [0.25, 0.3) is 0 Å². The first-order valence-corrected chi connectivity index (χ1v) is 44.4. The van der Waals surface area contributed by atoms with E-state index in [2.05, 4.69) is 56.7 Å². The van der Waals surface area contributed by atoms with Crippen LogP contribution in [0.25, 0.3) is 83.6 Å². The van der Waals surface area contributed by atoms with E-state index in [1.54, 1.807) is 79.0 Å². The van der Waals surface area contributed by atoms with E-state index in [1.807, 2.05) is 331 Å². The highest BCUT2D eigenvalue weighted by molar-refractivity contribution is 6.35. The maximum Gasteiger partial charge on any atom is 0.417 e. The van der Waals surface area contributed by atoms with Gasteiger partial charge < -0.3 is 31.9 Å². The van der Waals surface area contributed by atoms with Crippen LogP contribution in [0.3, 0.4) is 0 Å². The minimum atomic E-state index is -4.66. The van der Waals surface area contributed by atoms with Crippen LogP contribution in [0, 0.1) is 27.7 Å². The van der Waals surface area contributed by atoms with E-state index in [4.69, 9.17) is 16.6 Å². The maximum atomic E-state index is 13.5. The van der Waals surface area contributed by atoms with E-state index in [1.165, 1.54) is 10.6 Å². The summed E-state index contributed by atoms with van der Waals surface area (Å²) in [6.07, 6.45) is -0.0482. The largest absolute Gasteiger partial charge is 0.417 e. The standard InChI is InChI=1S/C25H25N5O.C22H19N3O.C21H16ClN3O.C21H14F3N3O.C21H17N3O.5H2/c31-22-17-23(28-20-7-3-1-4-8-20)30(21-9-5-2-6-10-21)25-24(22)19(11-12-27-25)18-29-15-13-26-14-16-29;1-15-13-16(2)23-22-21(15)19(26)14-20(24-17-9-5-3-6-10-17)25(22)18-11-7-4-8-12-18;1-14-12-17(22)20-18(26)13-19(24-15-8-4-2-5-9-15)25(21(20)23-14)16-10-6-3-7-11-16;22-21(23,24)16-11-12-25-20-19(16)17(28)13-18(26-14-7-3-1-4-8-14)27(20)15-9-5-2-6-10-15;1-15-12-13-22-21-20(15)18(25)14-19(23-16-8-4-2-5-9-16)24(21)17-10-6-3-7-11-17;;;;;/h1-12,17,26,28H,13-16,18H2;3-14,24H,1-2H3;2-13,24H,1H3;1-13,26H;2-14,23H,1H3;5*1H. The van der Waals surface area contributed by atoms with Crippen LogP contribution in [0.1, 0.15) is 40.8 Å². The number of alkyl halides is 3. The van der Waals surface area contributed by atoms with Gasteiger partial charge in [0, 0.05) is 157 Å². The number of benzene rings is 10. The van der Waals surface area contributed by atoms with Crippen molar-refractivity contribution in [3.63, 3.8) is 0 Å². The molecule has 0 amide bonds. The quantitative estimate of drug-likeness (QED) is 0.0496. The van der Waals surface area contributed by atoms with Crippen molar-refractivity contribution in [3.8, 4) is 28.4 Å². The molecule has 684 valence electrons.